The lowest BCUT2D eigenvalue weighted by Gasteiger charge is -2.11. The van der Waals surface area contributed by atoms with Crippen LogP contribution in [-0.2, 0) is 9.53 Å². The lowest BCUT2D eigenvalue weighted by Crippen LogP contribution is -2.24. The SMILES string of the molecule is C[C@H]1C[C@@H](Nc2ccccc2Br)C(=O)O1. The molecule has 1 saturated heterocycles. The first kappa shape index (κ1) is 10.5. The summed E-state index contributed by atoms with van der Waals surface area (Å²) < 4.78 is 6.03. The van der Waals surface area contributed by atoms with Gasteiger partial charge in [0.25, 0.3) is 0 Å². The summed E-state index contributed by atoms with van der Waals surface area (Å²) in [6.45, 7) is 1.90. The van der Waals surface area contributed by atoms with Crippen molar-refractivity contribution in [2.75, 3.05) is 5.32 Å². The van der Waals surface area contributed by atoms with Gasteiger partial charge in [-0.2, -0.15) is 0 Å². The molecule has 2 atom stereocenters. The highest BCUT2D eigenvalue weighted by Gasteiger charge is 2.31. The lowest BCUT2D eigenvalue weighted by molar-refractivity contribution is -0.141. The topological polar surface area (TPSA) is 38.3 Å². The Labute approximate surface area is 96.9 Å². The van der Waals surface area contributed by atoms with Gasteiger partial charge in [-0.25, -0.2) is 4.79 Å². The molecular formula is C11H12BrNO2. The van der Waals surface area contributed by atoms with Crippen LogP contribution < -0.4 is 5.32 Å². The van der Waals surface area contributed by atoms with E-state index in [1.54, 1.807) is 0 Å². The van der Waals surface area contributed by atoms with E-state index in [0.29, 0.717) is 0 Å². The van der Waals surface area contributed by atoms with Crippen molar-refractivity contribution in [1.29, 1.82) is 0 Å². The lowest BCUT2D eigenvalue weighted by atomic mass is 10.2. The molecule has 0 amide bonds. The molecule has 1 aliphatic heterocycles. The summed E-state index contributed by atoms with van der Waals surface area (Å²) >= 11 is 3.42. The van der Waals surface area contributed by atoms with E-state index in [0.717, 1.165) is 16.6 Å². The van der Waals surface area contributed by atoms with Gasteiger partial charge in [0, 0.05) is 16.6 Å². The Morgan fingerprint density at radius 2 is 2.20 bits per heavy atom. The molecule has 4 heteroatoms. The van der Waals surface area contributed by atoms with Gasteiger partial charge in [-0.05, 0) is 35.0 Å². The Kier molecular flexibility index (Phi) is 2.95. The van der Waals surface area contributed by atoms with Crippen molar-refractivity contribution < 1.29 is 9.53 Å². The van der Waals surface area contributed by atoms with E-state index in [9.17, 15) is 4.79 Å². The molecule has 0 unspecified atom stereocenters. The predicted octanol–water partition coefficient (Wildman–Crippen LogP) is 2.57. The zero-order chi connectivity index (χ0) is 10.8. The predicted molar refractivity (Wildman–Crippen MR) is 61.7 cm³/mol. The van der Waals surface area contributed by atoms with Gasteiger partial charge in [-0.1, -0.05) is 12.1 Å². The van der Waals surface area contributed by atoms with E-state index in [1.807, 2.05) is 31.2 Å². The number of rotatable bonds is 2. The number of carbonyl (C=O) groups excluding carboxylic acids is 1. The van der Waals surface area contributed by atoms with E-state index >= 15 is 0 Å². The summed E-state index contributed by atoms with van der Waals surface area (Å²) in [6, 6.07) is 7.51. The van der Waals surface area contributed by atoms with Gasteiger partial charge in [0.2, 0.25) is 0 Å². The maximum atomic E-state index is 11.4. The van der Waals surface area contributed by atoms with Gasteiger partial charge in [-0.15, -0.1) is 0 Å². The van der Waals surface area contributed by atoms with E-state index < -0.39 is 0 Å². The van der Waals surface area contributed by atoms with Crippen LogP contribution in [-0.4, -0.2) is 18.1 Å². The standard InChI is InChI=1S/C11H12BrNO2/c1-7-6-10(11(14)15-7)13-9-5-3-2-4-8(9)12/h2-5,7,10,13H,6H2,1H3/t7-,10+/m0/s1. The highest BCUT2D eigenvalue weighted by atomic mass is 79.9. The van der Waals surface area contributed by atoms with Crippen LogP contribution in [0.2, 0.25) is 0 Å². The van der Waals surface area contributed by atoms with Crippen molar-refractivity contribution in [2.45, 2.75) is 25.5 Å². The monoisotopic (exact) mass is 269 g/mol. The Morgan fingerprint density at radius 3 is 2.80 bits per heavy atom. The molecule has 0 aliphatic carbocycles. The van der Waals surface area contributed by atoms with Crippen LogP contribution in [0.25, 0.3) is 0 Å². The molecule has 1 N–H and O–H groups in total. The van der Waals surface area contributed by atoms with Gasteiger partial charge >= 0.3 is 5.97 Å². The molecule has 80 valence electrons. The summed E-state index contributed by atoms with van der Waals surface area (Å²) in [5, 5.41) is 3.17. The highest BCUT2D eigenvalue weighted by molar-refractivity contribution is 9.10. The number of benzene rings is 1. The summed E-state index contributed by atoms with van der Waals surface area (Å²) in [6.07, 6.45) is 0.734. The maximum absolute atomic E-state index is 11.4. The minimum atomic E-state index is -0.223. The average Bonchev–Trinajstić information content (AvgIpc) is 2.49. The smallest absolute Gasteiger partial charge is 0.328 e. The highest BCUT2D eigenvalue weighted by Crippen LogP contribution is 2.25. The van der Waals surface area contributed by atoms with Crippen molar-refractivity contribution in [3.8, 4) is 0 Å². The third-order valence-electron chi connectivity index (χ3n) is 2.37. The van der Waals surface area contributed by atoms with E-state index in [2.05, 4.69) is 21.2 Å². The Balaban J connectivity index is 2.09. The molecule has 0 spiro atoms. The normalized spacial score (nSPS) is 25.1. The number of cyclic esters (lactones) is 1. The third kappa shape index (κ3) is 2.31. The minimum absolute atomic E-state index is 0.0116. The van der Waals surface area contributed by atoms with Crippen LogP contribution in [0, 0.1) is 0 Å². The molecular weight excluding hydrogens is 258 g/mol. The molecule has 0 aromatic heterocycles. The summed E-state index contributed by atoms with van der Waals surface area (Å²) in [4.78, 5) is 11.4. The number of hydrogen-bond donors (Lipinski definition) is 1. The van der Waals surface area contributed by atoms with Gasteiger partial charge in [0.15, 0.2) is 0 Å². The molecule has 0 bridgehead atoms. The summed E-state index contributed by atoms with van der Waals surface area (Å²) in [7, 11) is 0. The summed E-state index contributed by atoms with van der Waals surface area (Å²) in [5.41, 5.74) is 0.925. The van der Waals surface area contributed by atoms with E-state index in [1.165, 1.54) is 0 Å². The van der Waals surface area contributed by atoms with Crippen LogP contribution in [0.3, 0.4) is 0 Å². The van der Waals surface area contributed by atoms with Crippen molar-refractivity contribution in [3.63, 3.8) is 0 Å². The molecule has 3 nitrogen and oxygen atoms in total. The second-order valence-electron chi connectivity index (χ2n) is 3.66. The average molecular weight is 270 g/mol. The number of carbonyl (C=O) groups is 1. The quantitative estimate of drug-likeness (QED) is 0.839. The van der Waals surface area contributed by atoms with Crippen molar-refractivity contribution in [1.82, 2.24) is 0 Å². The molecule has 1 aromatic rings. The fourth-order valence-corrected chi connectivity index (χ4v) is 2.04. The molecule has 2 rings (SSSR count). The number of hydrogen-bond acceptors (Lipinski definition) is 3. The Hall–Kier alpha value is -1.03. The van der Waals surface area contributed by atoms with Crippen LogP contribution in [0.5, 0.6) is 0 Å². The number of ether oxygens (including phenoxy) is 1. The fraction of sp³-hybridized carbons (Fsp3) is 0.364. The van der Waals surface area contributed by atoms with Crippen LogP contribution in [0.1, 0.15) is 13.3 Å². The van der Waals surface area contributed by atoms with E-state index in [-0.39, 0.29) is 18.1 Å². The van der Waals surface area contributed by atoms with Crippen molar-refractivity contribution >= 4 is 27.6 Å². The number of halogens is 1. The molecule has 0 radical (unpaired) electrons. The third-order valence-corrected chi connectivity index (χ3v) is 3.06. The Morgan fingerprint density at radius 1 is 1.47 bits per heavy atom. The first-order chi connectivity index (χ1) is 7.16. The van der Waals surface area contributed by atoms with Gasteiger partial charge in [-0.3, -0.25) is 0 Å². The molecule has 15 heavy (non-hydrogen) atoms. The molecule has 1 fully saturated rings. The zero-order valence-electron chi connectivity index (χ0n) is 8.37. The number of esters is 1. The van der Waals surface area contributed by atoms with Gasteiger partial charge in [0.1, 0.15) is 12.1 Å². The molecule has 1 aliphatic rings. The van der Waals surface area contributed by atoms with Crippen molar-refractivity contribution in [2.24, 2.45) is 0 Å². The zero-order valence-corrected chi connectivity index (χ0v) is 9.95. The number of para-hydroxylation sites is 1. The first-order valence-corrected chi connectivity index (χ1v) is 5.67. The van der Waals surface area contributed by atoms with Crippen LogP contribution in [0.15, 0.2) is 28.7 Å². The van der Waals surface area contributed by atoms with Crippen molar-refractivity contribution in [3.05, 3.63) is 28.7 Å². The second kappa shape index (κ2) is 4.23. The molecule has 0 saturated carbocycles. The molecule has 1 heterocycles. The second-order valence-corrected chi connectivity index (χ2v) is 4.51. The summed E-state index contributed by atoms with van der Waals surface area (Å²) in [5.74, 6) is -0.168. The fourth-order valence-electron chi connectivity index (χ4n) is 1.64. The Bertz CT molecular complexity index is 381. The maximum Gasteiger partial charge on any atom is 0.328 e. The molecule has 1 aromatic carbocycles. The van der Waals surface area contributed by atoms with Crippen LogP contribution in [0.4, 0.5) is 5.69 Å². The first-order valence-electron chi connectivity index (χ1n) is 4.88. The largest absolute Gasteiger partial charge is 0.461 e. The van der Waals surface area contributed by atoms with Gasteiger partial charge in [0.05, 0.1) is 0 Å². The minimum Gasteiger partial charge on any atom is -0.461 e. The number of nitrogens with one attached hydrogen (secondary N) is 1. The van der Waals surface area contributed by atoms with Crippen LogP contribution >= 0.6 is 15.9 Å². The van der Waals surface area contributed by atoms with Gasteiger partial charge < -0.3 is 10.1 Å². The van der Waals surface area contributed by atoms with E-state index in [4.69, 9.17) is 4.74 Å². The number of anilines is 1.